The van der Waals surface area contributed by atoms with Crippen molar-refractivity contribution in [1.29, 1.82) is 0 Å². The molecule has 1 heterocycles. The highest BCUT2D eigenvalue weighted by Crippen LogP contribution is 2.14. The van der Waals surface area contributed by atoms with E-state index >= 15 is 0 Å². The van der Waals surface area contributed by atoms with Gasteiger partial charge < -0.3 is 10.6 Å². The van der Waals surface area contributed by atoms with Crippen molar-refractivity contribution in [3.05, 3.63) is 18.1 Å². The van der Waals surface area contributed by atoms with Gasteiger partial charge in [0.2, 0.25) is 0 Å². The quantitative estimate of drug-likeness (QED) is 0.794. The molecule has 5 nitrogen and oxygen atoms in total. The predicted molar refractivity (Wildman–Crippen MR) is 77.3 cm³/mol. The number of anilines is 1. The second kappa shape index (κ2) is 7.07. The van der Waals surface area contributed by atoms with Crippen LogP contribution in [0.3, 0.4) is 0 Å². The Hall–Kier alpha value is -1.65. The average molecular weight is 264 g/mol. The smallest absolute Gasteiger partial charge is 0.271 e. The van der Waals surface area contributed by atoms with Crippen LogP contribution in [0, 0.1) is 0 Å². The molecule has 0 saturated carbocycles. The number of aromatic nitrogens is 2. The molecule has 0 aliphatic rings. The Bertz CT molecular complexity index is 416. The van der Waals surface area contributed by atoms with Gasteiger partial charge >= 0.3 is 0 Å². The van der Waals surface area contributed by atoms with E-state index in [1.165, 1.54) is 6.20 Å². The van der Waals surface area contributed by atoms with Crippen LogP contribution in [0.5, 0.6) is 0 Å². The zero-order chi connectivity index (χ0) is 14.3. The highest BCUT2D eigenvalue weighted by Gasteiger charge is 2.23. The number of amides is 1. The standard InChI is InChI=1S/C14H24N4O/c1-5-8-16-12-10-15-9-11(17-12)13(19)18-14(4,6-2)7-3/h9-10H,5-8H2,1-4H3,(H,16,17)(H,18,19). The average Bonchev–Trinajstić information content (AvgIpc) is 2.45. The maximum Gasteiger partial charge on any atom is 0.271 e. The summed E-state index contributed by atoms with van der Waals surface area (Å²) in [7, 11) is 0. The summed E-state index contributed by atoms with van der Waals surface area (Å²) < 4.78 is 0. The SMILES string of the molecule is CCCNc1cncc(C(=O)NC(C)(CC)CC)n1. The minimum Gasteiger partial charge on any atom is -0.369 e. The molecule has 0 aliphatic carbocycles. The molecule has 106 valence electrons. The third kappa shape index (κ3) is 4.50. The molecule has 0 atom stereocenters. The Kier molecular flexibility index (Phi) is 5.73. The van der Waals surface area contributed by atoms with Crippen molar-refractivity contribution in [1.82, 2.24) is 15.3 Å². The lowest BCUT2D eigenvalue weighted by atomic mass is 9.95. The molecule has 5 heteroatoms. The van der Waals surface area contributed by atoms with Crippen molar-refractivity contribution < 1.29 is 4.79 Å². The maximum absolute atomic E-state index is 12.2. The van der Waals surface area contributed by atoms with E-state index in [1.807, 2.05) is 6.92 Å². The molecule has 19 heavy (non-hydrogen) atoms. The molecule has 1 rings (SSSR count). The summed E-state index contributed by atoms with van der Waals surface area (Å²) in [5, 5.41) is 6.15. The van der Waals surface area contributed by atoms with Gasteiger partial charge in [0.05, 0.1) is 12.4 Å². The van der Waals surface area contributed by atoms with Crippen molar-refractivity contribution in [2.75, 3.05) is 11.9 Å². The molecule has 1 amide bonds. The Morgan fingerprint density at radius 3 is 2.53 bits per heavy atom. The van der Waals surface area contributed by atoms with Gasteiger partial charge in [0.15, 0.2) is 0 Å². The number of carbonyl (C=O) groups excluding carboxylic acids is 1. The topological polar surface area (TPSA) is 66.9 Å². The summed E-state index contributed by atoms with van der Waals surface area (Å²) >= 11 is 0. The number of nitrogens with one attached hydrogen (secondary N) is 2. The number of hydrogen-bond donors (Lipinski definition) is 2. The number of nitrogens with zero attached hydrogens (tertiary/aromatic N) is 2. The molecule has 1 aromatic heterocycles. The van der Waals surface area contributed by atoms with Crippen LogP contribution in [0.1, 0.15) is 57.4 Å². The largest absolute Gasteiger partial charge is 0.369 e. The van der Waals surface area contributed by atoms with Crippen molar-refractivity contribution in [2.45, 2.75) is 52.5 Å². The highest BCUT2D eigenvalue weighted by atomic mass is 16.2. The Morgan fingerprint density at radius 2 is 1.95 bits per heavy atom. The van der Waals surface area contributed by atoms with Crippen LogP contribution >= 0.6 is 0 Å². The van der Waals surface area contributed by atoms with Crippen LogP contribution in [0.15, 0.2) is 12.4 Å². The van der Waals surface area contributed by atoms with Crippen LogP contribution < -0.4 is 10.6 Å². The lowest BCUT2D eigenvalue weighted by Gasteiger charge is -2.27. The molecule has 0 aromatic carbocycles. The van der Waals surface area contributed by atoms with E-state index in [1.54, 1.807) is 6.20 Å². The molecule has 2 N–H and O–H groups in total. The summed E-state index contributed by atoms with van der Waals surface area (Å²) in [6.45, 7) is 9.06. The van der Waals surface area contributed by atoms with Crippen molar-refractivity contribution >= 4 is 11.7 Å². The zero-order valence-electron chi connectivity index (χ0n) is 12.3. The van der Waals surface area contributed by atoms with E-state index in [0.717, 1.165) is 25.8 Å². The minimum atomic E-state index is -0.189. The van der Waals surface area contributed by atoms with Crippen LogP contribution in [0.2, 0.25) is 0 Å². The van der Waals surface area contributed by atoms with Gasteiger partial charge in [0, 0.05) is 12.1 Å². The van der Waals surface area contributed by atoms with Crippen LogP contribution in [-0.4, -0.2) is 28.0 Å². The van der Waals surface area contributed by atoms with Crippen molar-refractivity contribution in [2.24, 2.45) is 0 Å². The Labute approximate surface area is 115 Å². The van der Waals surface area contributed by atoms with E-state index in [0.29, 0.717) is 11.5 Å². The van der Waals surface area contributed by atoms with Gasteiger partial charge in [-0.05, 0) is 26.2 Å². The molecule has 0 radical (unpaired) electrons. The van der Waals surface area contributed by atoms with Crippen molar-refractivity contribution in [3.63, 3.8) is 0 Å². The number of carbonyl (C=O) groups is 1. The number of hydrogen-bond acceptors (Lipinski definition) is 4. The first-order valence-electron chi connectivity index (χ1n) is 6.93. The second-order valence-electron chi connectivity index (χ2n) is 4.94. The summed E-state index contributed by atoms with van der Waals surface area (Å²) in [6, 6.07) is 0. The Morgan fingerprint density at radius 1 is 1.26 bits per heavy atom. The molecule has 0 fully saturated rings. The third-order valence-corrected chi connectivity index (χ3v) is 3.40. The molecular weight excluding hydrogens is 240 g/mol. The zero-order valence-corrected chi connectivity index (χ0v) is 12.3. The van der Waals surface area contributed by atoms with Crippen molar-refractivity contribution in [3.8, 4) is 0 Å². The van der Waals surface area contributed by atoms with Gasteiger partial charge in [0.1, 0.15) is 11.5 Å². The predicted octanol–water partition coefficient (Wildman–Crippen LogP) is 2.61. The summed E-state index contributed by atoms with van der Waals surface area (Å²) in [4.78, 5) is 20.5. The summed E-state index contributed by atoms with van der Waals surface area (Å²) in [5.74, 6) is 0.475. The summed E-state index contributed by atoms with van der Waals surface area (Å²) in [5.41, 5.74) is 0.167. The van der Waals surface area contributed by atoms with E-state index in [9.17, 15) is 4.79 Å². The van der Waals surface area contributed by atoms with Crippen LogP contribution in [0.25, 0.3) is 0 Å². The highest BCUT2D eigenvalue weighted by molar-refractivity contribution is 5.92. The van der Waals surface area contributed by atoms with E-state index in [2.05, 4.69) is 41.4 Å². The molecule has 0 unspecified atom stereocenters. The molecule has 0 bridgehead atoms. The molecule has 0 spiro atoms. The lowest BCUT2D eigenvalue weighted by molar-refractivity contribution is 0.0895. The Balaban J connectivity index is 2.76. The van der Waals surface area contributed by atoms with E-state index < -0.39 is 0 Å². The van der Waals surface area contributed by atoms with Gasteiger partial charge in [0.25, 0.3) is 5.91 Å². The third-order valence-electron chi connectivity index (χ3n) is 3.40. The van der Waals surface area contributed by atoms with Crippen LogP contribution in [-0.2, 0) is 0 Å². The monoisotopic (exact) mass is 264 g/mol. The van der Waals surface area contributed by atoms with Gasteiger partial charge in [-0.3, -0.25) is 9.78 Å². The first kappa shape index (κ1) is 15.4. The minimum absolute atomic E-state index is 0.168. The normalized spacial score (nSPS) is 11.2. The van der Waals surface area contributed by atoms with E-state index in [4.69, 9.17) is 0 Å². The molecule has 0 aliphatic heterocycles. The fourth-order valence-electron chi connectivity index (χ4n) is 1.58. The molecule has 0 saturated heterocycles. The van der Waals surface area contributed by atoms with Gasteiger partial charge in [-0.2, -0.15) is 0 Å². The maximum atomic E-state index is 12.2. The summed E-state index contributed by atoms with van der Waals surface area (Å²) in [6.07, 6.45) is 5.90. The lowest BCUT2D eigenvalue weighted by Crippen LogP contribution is -2.45. The van der Waals surface area contributed by atoms with Gasteiger partial charge in [-0.25, -0.2) is 4.98 Å². The molecule has 1 aromatic rings. The molecular formula is C14H24N4O. The van der Waals surface area contributed by atoms with Gasteiger partial charge in [-0.1, -0.05) is 20.8 Å². The second-order valence-corrected chi connectivity index (χ2v) is 4.94. The van der Waals surface area contributed by atoms with Gasteiger partial charge in [-0.15, -0.1) is 0 Å². The van der Waals surface area contributed by atoms with E-state index in [-0.39, 0.29) is 11.4 Å². The van der Waals surface area contributed by atoms with Crippen LogP contribution in [0.4, 0.5) is 5.82 Å². The fourth-order valence-corrected chi connectivity index (χ4v) is 1.58. The first-order chi connectivity index (χ1) is 9.04. The first-order valence-corrected chi connectivity index (χ1v) is 6.93. The number of rotatable bonds is 7. The fraction of sp³-hybridized carbons (Fsp3) is 0.643.